The zero-order valence-corrected chi connectivity index (χ0v) is 20.9. The Kier molecular flexibility index (Phi) is 8.28. The van der Waals surface area contributed by atoms with Crippen LogP contribution in [0.1, 0.15) is 26.7 Å². The van der Waals surface area contributed by atoms with Gasteiger partial charge in [-0.2, -0.15) is 0 Å². The van der Waals surface area contributed by atoms with Crippen molar-refractivity contribution in [3.05, 3.63) is 41.8 Å². The average molecular weight is 506 g/mol. The molecule has 1 saturated heterocycles. The summed E-state index contributed by atoms with van der Waals surface area (Å²) in [5.74, 6) is 1.10. The van der Waals surface area contributed by atoms with Gasteiger partial charge in [0.1, 0.15) is 23.6 Å². The van der Waals surface area contributed by atoms with Crippen LogP contribution >= 0.6 is 19.2 Å². The number of hydrogen-bond acceptors (Lipinski definition) is 10. The second-order valence-corrected chi connectivity index (χ2v) is 10.4. The predicted molar refractivity (Wildman–Crippen MR) is 134 cm³/mol. The molecule has 3 heterocycles. The Morgan fingerprint density at radius 1 is 1.15 bits per heavy atom. The van der Waals surface area contributed by atoms with E-state index >= 15 is 0 Å². The molecule has 34 heavy (non-hydrogen) atoms. The fourth-order valence-electron chi connectivity index (χ4n) is 3.88. The molecule has 0 unspecified atom stereocenters. The minimum atomic E-state index is -3.09. The van der Waals surface area contributed by atoms with Crippen LogP contribution in [0.25, 0.3) is 11.0 Å². The first-order valence-electron chi connectivity index (χ1n) is 11.4. The highest BCUT2D eigenvalue weighted by molar-refractivity contribution is 7.53. The maximum absolute atomic E-state index is 12.8. The lowest BCUT2D eigenvalue weighted by molar-refractivity contribution is 0.182. The zero-order valence-electron chi connectivity index (χ0n) is 19.3. The zero-order chi connectivity index (χ0) is 24.0. The summed E-state index contributed by atoms with van der Waals surface area (Å²) in [6, 6.07) is 7.60. The monoisotopic (exact) mass is 505 g/mol. The van der Waals surface area contributed by atoms with Gasteiger partial charge < -0.3 is 19.7 Å². The van der Waals surface area contributed by atoms with Gasteiger partial charge in [-0.15, -0.1) is 0 Å². The lowest BCUT2D eigenvalue weighted by Gasteiger charge is -2.33. The van der Waals surface area contributed by atoms with Gasteiger partial charge in [-0.3, -0.25) is 9.46 Å². The Bertz CT molecular complexity index is 1150. The lowest BCUT2D eigenvalue weighted by atomic mass is 10.1. The summed E-state index contributed by atoms with van der Waals surface area (Å²) in [4.78, 5) is 19.9. The first-order valence-corrected chi connectivity index (χ1v) is 13.5. The highest BCUT2D eigenvalue weighted by atomic mass is 35.5. The van der Waals surface area contributed by atoms with E-state index in [4.69, 9.17) is 20.6 Å². The normalized spacial score (nSPS) is 15.5. The van der Waals surface area contributed by atoms with Gasteiger partial charge in [0.2, 0.25) is 5.95 Å². The molecule has 12 heteroatoms. The Morgan fingerprint density at radius 2 is 1.91 bits per heavy atom. The molecule has 2 aromatic heterocycles. The summed E-state index contributed by atoms with van der Waals surface area (Å²) in [7, 11) is -3.09. The van der Waals surface area contributed by atoms with Crippen molar-refractivity contribution in [1.29, 1.82) is 0 Å². The van der Waals surface area contributed by atoms with Gasteiger partial charge in [0.15, 0.2) is 5.82 Å². The molecule has 0 amide bonds. The number of benzene rings is 1. The minimum absolute atomic E-state index is 0.196. The lowest BCUT2D eigenvalue weighted by Crippen LogP contribution is -2.40. The number of likely N-dealkylation sites (tertiary alicyclic amines) is 1. The molecule has 1 aliphatic rings. The molecule has 182 valence electrons. The largest absolute Gasteiger partial charge is 0.351 e. The van der Waals surface area contributed by atoms with E-state index in [9.17, 15) is 4.57 Å². The van der Waals surface area contributed by atoms with E-state index in [0.717, 1.165) is 31.6 Å². The average Bonchev–Trinajstić information content (AvgIpc) is 2.81. The molecule has 0 radical (unpaired) electrons. The third kappa shape index (κ3) is 6.40. The van der Waals surface area contributed by atoms with E-state index in [2.05, 4.69) is 35.5 Å². The van der Waals surface area contributed by atoms with Crippen molar-refractivity contribution in [3.63, 3.8) is 0 Å². The predicted octanol–water partition coefficient (Wildman–Crippen LogP) is 4.92. The second kappa shape index (κ2) is 11.4. The summed E-state index contributed by atoms with van der Waals surface area (Å²) in [6.07, 6.45) is 5.19. The van der Waals surface area contributed by atoms with Crippen LogP contribution in [0.15, 0.2) is 36.8 Å². The topological polar surface area (TPSA) is 114 Å². The quantitative estimate of drug-likeness (QED) is 0.368. The fraction of sp³-hybridized carbons (Fsp3) is 0.455. The number of aromatic nitrogens is 4. The summed E-state index contributed by atoms with van der Waals surface area (Å²) < 4.78 is 23.7. The van der Waals surface area contributed by atoms with E-state index in [1.54, 1.807) is 6.20 Å². The third-order valence-electron chi connectivity index (χ3n) is 5.41. The molecule has 1 aromatic carbocycles. The van der Waals surface area contributed by atoms with Crippen LogP contribution in [0.2, 0.25) is 5.02 Å². The van der Waals surface area contributed by atoms with Gasteiger partial charge in [0.05, 0.1) is 19.4 Å². The number of halogens is 1. The Hall–Kier alpha value is -2.36. The van der Waals surface area contributed by atoms with Crippen molar-refractivity contribution in [3.8, 4) is 0 Å². The molecule has 3 aromatic rings. The Balaban J connectivity index is 1.41. The molecule has 0 bridgehead atoms. The van der Waals surface area contributed by atoms with Gasteiger partial charge in [-0.1, -0.05) is 17.7 Å². The van der Waals surface area contributed by atoms with Crippen LogP contribution in [0.4, 0.5) is 17.5 Å². The van der Waals surface area contributed by atoms with Crippen LogP contribution in [0.5, 0.6) is 0 Å². The smallest absolute Gasteiger partial charge is 0.344 e. The fourth-order valence-corrected chi connectivity index (χ4v) is 5.86. The Labute approximate surface area is 204 Å². The van der Waals surface area contributed by atoms with E-state index in [-0.39, 0.29) is 6.04 Å². The number of nitrogens with one attached hydrogen (secondary N) is 2. The maximum atomic E-state index is 12.8. The molecule has 0 saturated carbocycles. The van der Waals surface area contributed by atoms with Gasteiger partial charge in [0, 0.05) is 29.8 Å². The number of fused-ring (bicyclic) bond motifs is 1. The summed E-state index contributed by atoms with van der Waals surface area (Å²) >= 11 is 6.10. The molecule has 0 spiro atoms. The number of rotatable bonds is 10. The van der Waals surface area contributed by atoms with Gasteiger partial charge in [-0.25, -0.2) is 19.9 Å². The van der Waals surface area contributed by atoms with Crippen LogP contribution in [0.3, 0.4) is 0 Å². The summed E-state index contributed by atoms with van der Waals surface area (Å²) in [5, 5.41) is 7.31. The molecule has 4 rings (SSSR count). The maximum Gasteiger partial charge on any atom is 0.344 e. The summed E-state index contributed by atoms with van der Waals surface area (Å²) in [6.45, 7) is 5.94. The molecular weight excluding hydrogens is 477 g/mol. The Morgan fingerprint density at radius 3 is 2.62 bits per heavy atom. The third-order valence-corrected chi connectivity index (χ3v) is 7.70. The molecule has 1 fully saturated rings. The molecule has 0 aliphatic carbocycles. The highest BCUT2D eigenvalue weighted by Crippen LogP contribution is 2.48. The van der Waals surface area contributed by atoms with Crippen molar-refractivity contribution in [2.45, 2.75) is 32.7 Å². The number of nitrogens with zero attached hydrogens (tertiary/aromatic N) is 5. The van der Waals surface area contributed by atoms with E-state index in [1.165, 1.54) is 6.33 Å². The molecule has 2 N–H and O–H groups in total. The van der Waals surface area contributed by atoms with Crippen molar-refractivity contribution in [1.82, 2.24) is 24.8 Å². The highest BCUT2D eigenvalue weighted by Gasteiger charge is 2.30. The number of piperidine rings is 1. The van der Waals surface area contributed by atoms with Crippen LogP contribution in [-0.4, -0.2) is 63.5 Å². The molecule has 1 aliphatic heterocycles. The van der Waals surface area contributed by atoms with E-state index < -0.39 is 7.60 Å². The van der Waals surface area contributed by atoms with Crippen LogP contribution in [-0.2, 0) is 13.6 Å². The van der Waals surface area contributed by atoms with E-state index in [0.29, 0.717) is 47.3 Å². The molecule has 0 atom stereocenters. The van der Waals surface area contributed by atoms with Crippen molar-refractivity contribution >= 4 is 47.7 Å². The second-order valence-electron chi connectivity index (χ2n) is 7.91. The van der Waals surface area contributed by atoms with Crippen LogP contribution < -0.4 is 10.6 Å². The number of anilines is 3. The molecule has 10 nitrogen and oxygen atoms in total. The van der Waals surface area contributed by atoms with Crippen molar-refractivity contribution in [2.75, 3.05) is 43.2 Å². The van der Waals surface area contributed by atoms with Crippen LogP contribution in [0, 0.1) is 0 Å². The van der Waals surface area contributed by atoms with Crippen molar-refractivity contribution < 1.29 is 13.6 Å². The minimum Gasteiger partial charge on any atom is -0.351 e. The van der Waals surface area contributed by atoms with Gasteiger partial charge in [-0.05, 0) is 44.9 Å². The van der Waals surface area contributed by atoms with Crippen molar-refractivity contribution in [2.24, 2.45) is 0 Å². The number of hydrogen-bond donors (Lipinski definition) is 2. The summed E-state index contributed by atoms with van der Waals surface area (Å²) in [5.41, 5.74) is 2.07. The molecular formula is C22H29ClN7O3P. The SMILES string of the molecule is CCOP(=O)(CN1CCC(Nc2ncc3ncnc(Nc4cccc(Cl)c4)c3n2)CC1)OCC. The first-order chi connectivity index (χ1) is 16.5. The first kappa shape index (κ1) is 24.8. The van der Waals surface area contributed by atoms with Gasteiger partial charge >= 0.3 is 7.60 Å². The standard InChI is InChI=1S/C22H29ClN7O3P/c1-3-32-34(31,33-4-2)15-30-10-8-17(9-11-30)28-22-24-13-19-20(29-22)21(26-14-25-19)27-18-7-5-6-16(23)12-18/h5-7,12-14,17H,3-4,8-11,15H2,1-2H3,(H,24,28,29)(H,25,26,27). The van der Waals surface area contributed by atoms with Gasteiger partial charge in [0.25, 0.3) is 0 Å². The van der Waals surface area contributed by atoms with E-state index in [1.807, 2.05) is 38.1 Å².